The monoisotopic (exact) mass is 306 g/mol. The molecule has 0 aromatic heterocycles. The Kier molecular flexibility index (Phi) is 4.85. The van der Waals surface area contributed by atoms with Gasteiger partial charge in [-0.15, -0.1) is 0 Å². The second kappa shape index (κ2) is 6.63. The molecule has 0 fully saturated rings. The second-order valence-electron chi connectivity index (χ2n) is 4.72. The standard InChI is InChI=1S/C16H16F2N2S/c1-2-3-10-4-6-11(7-5-10)20-13-9-8-12(16(19)21)14(17)15(13)18/h4-9,20H,2-3H2,1H3,(H2,19,21). The summed E-state index contributed by atoms with van der Waals surface area (Å²) in [5, 5.41) is 2.85. The first-order valence-electron chi connectivity index (χ1n) is 6.66. The lowest BCUT2D eigenvalue weighted by molar-refractivity contribution is 0.510. The van der Waals surface area contributed by atoms with Gasteiger partial charge in [-0.25, -0.2) is 8.78 Å². The van der Waals surface area contributed by atoms with Gasteiger partial charge in [0.05, 0.1) is 5.69 Å². The Morgan fingerprint density at radius 1 is 1.10 bits per heavy atom. The molecule has 0 atom stereocenters. The predicted molar refractivity (Wildman–Crippen MR) is 86.0 cm³/mol. The number of anilines is 2. The maximum absolute atomic E-state index is 14.0. The molecule has 2 aromatic rings. The Balaban J connectivity index is 2.23. The van der Waals surface area contributed by atoms with Crippen LogP contribution in [-0.2, 0) is 6.42 Å². The zero-order valence-corrected chi connectivity index (χ0v) is 12.4. The van der Waals surface area contributed by atoms with Gasteiger partial charge in [0.15, 0.2) is 11.6 Å². The number of benzene rings is 2. The molecule has 0 saturated heterocycles. The zero-order valence-electron chi connectivity index (χ0n) is 11.6. The van der Waals surface area contributed by atoms with Crippen LogP contribution in [0.15, 0.2) is 36.4 Å². The van der Waals surface area contributed by atoms with E-state index in [1.807, 2.05) is 24.3 Å². The summed E-state index contributed by atoms with van der Waals surface area (Å²) in [6.07, 6.45) is 2.05. The van der Waals surface area contributed by atoms with Crippen molar-refractivity contribution in [3.8, 4) is 0 Å². The van der Waals surface area contributed by atoms with Crippen LogP contribution < -0.4 is 11.1 Å². The summed E-state index contributed by atoms with van der Waals surface area (Å²) in [4.78, 5) is -0.165. The molecule has 0 saturated carbocycles. The van der Waals surface area contributed by atoms with Crippen molar-refractivity contribution in [2.24, 2.45) is 5.73 Å². The molecule has 0 aliphatic carbocycles. The highest BCUT2D eigenvalue weighted by atomic mass is 32.1. The van der Waals surface area contributed by atoms with E-state index in [4.69, 9.17) is 5.73 Å². The van der Waals surface area contributed by atoms with Crippen molar-refractivity contribution in [1.29, 1.82) is 0 Å². The molecule has 0 unspecified atom stereocenters. The Morgan fingerprint density at radius 3 is 2.33 bits per heavy atom. The summed E-state index contributed by atoms with van der Waals surface area (Å²) in [6, 6.07) is 10.4. The Hall–Kier alpha value is -2.01. The summed E-state index contributed by atoms with van der Waals surface area (Å²) in [5.41, 5.74) is 7.19. The van der Waals surface area contributed by atoms with Crippen molar-refractivity contribution in [3.63, 3.8) is 0 Å². The van der Waals surface area contributed by atoms with Crippen LogP contribution in [0.5, 0.6) is 0 Å². The van der Waals surface area contributed by atoms with Gasteiger partial charge in [-0.3, -0.25) is 0 Å². The van der Waals surface area contributed by atoms with E-state index >= 15 is 0 Å². The molecule has 2 aromatic carbocycles. The van der Waals surface area contributed by atoms with Crippen LogP contribution >= 0.6 is 12.2 Å². The van der Waals surface area contributed by atoms with Crippen LogP contribution in [0, 0.1) is 11.6 Å². The molecule has 0 radical (unpaired) electrons. The maximum Gasteiger partial charge on any atom is 0.182 e. The molecule has 2 rings (SSSR count). The van der Waals surface area contributed by atoms with Crippen LogP contribution in [0.4, 0.5) is 20.2 Å². The summed E-state index contributed by atoms with van der Waals surface area (Å²) in [6.45, 7) is 2.10. The first-order chi connectivity index (χ1) is 10.0. The average molecular weight is 306 g/mol. The average Bonchev–Trinajstić information content (AvgIpc) is 2.46. The Morgan fingerprint density at radius 2 is 1.76 bits per heavy atom. The van der Waals surface area contributed by atoms with E-state index in [0.717, 1.165) is 12.8 Å². The van der Waals surface area contributed by atoms with Crippen molar-refractivity contribution in [1.82, 2.24) is 0 Å². The minimum Gasteiger partial charge on any atom is -0.389 e. The predicted octanol–water partition coefficient (Wildman–Crippen LogP) is 4.30. The van der Waals surface area contributed by atoms with E-state index in [9.17, 15) is 8.78 Å². The van der Waals surface area contributed by atoms with Crippen molar-refractivity contribution < 1.29 is 8.78 Å². The number of halogens is 2. The van der Waals surface area contributed by atoms with E-state index in [2.05, 4.69) is 24.5 Å². The molecular formula is C16H16F2N2S. The summed E-state index contributed by atoms with van der Waals surface area (Å²) < 4.78 is 27.8. The lowest BCUT2D eigenvalue weighted by Gasteiger charge is -2.10. The first kappa shape index (κ1) is 15.4. The Bertz CT molecular complexity index is 654. The number of thiocarbonyl (C=S) groups is 1. The molecule has 3 N–H and O–H groups in total. The quantitative estimate of drug-likeness (QED) is 0.809. The molecule has 0 aliphatic heterocycles. The van der Waals surface area contributed by atoms with Crippen LogP contribution in [0.1, 0.15) is 24.5 Å². The van der Waals surface area contributed by atoms with Gasteiger partial charge in [-0.2, -0.15) is 0 Å². The van der Waals surface area contributed by atoms with E-state index in [1.165, 1.54) is 17.7 Å². The van der Waals surface area contributed by atoms with Crippen LogP contribution in [-0.4, -0.2) is 4.99 Å². The SMILES string of the molecule is CCCc1ccc(Nc2ccc(C(N)=S)c(F)c2F)cc1. The first-order valence-corrected chi connectivity index (χ1v) is 7.07. The highest BCUT2D eigenvalue weighted by molar-refractivity contribution is 7.80. The minimum absolute atomic E-state index is 0.0516. The number of hydrogen-bond acceptors (Lipinski definition) is 2. The summed E-state index contributed by atoms with van der Waals surface area (Å²) in [7, 11) is 0. The fourth-order valence-corrected chi connectivity index (χ4v) is 2.19. The van der Waals surface area contributed by atoms with Gasteiger partial charge in [0.25, 0.3) is 0 Å². The minimum atomic E-state index is -1.03. The van der Waals surface area contributed by atoms with Crippen molar-refractivity contribution in [2.45, 2.75) is 19.8 Å². The van der Waals surface area contributed by atoms with Gasteiger partial charge >= 0.3 is 0 Å². The van der Waals surface area contributed by atoms with Gasteiger partial charge in [0, 0.05) is 11.3 Å². The fourth-order valence-electron chi connectivity index (χ4n) is 2.04. The number of rotatable bonds is 5. The Labute approximate surface area is 128 Å². The number of hydrogen-bond donors (Lipinski definition) is 2. The van der Waals surface area contributed by atoms with E-state index < -0.39 is 11.6 Å². The number of aryl methyl sites for hydroxylation is 1. The lowest BCUT2D eigenvalue weighted by Crippen LogP contribution is -2.13. The zero-order chi connectivity index (χ0) is 15.4. The highest BCUT2D eigenvalue weighted by Crippen LogP contribution is 2.24. The van der Waals surface area contributed by atoms with E-state index in [-0.39, 0.29) is 16.2 Å². The third-order valence-electron chi connectivity index (χ3n) is 3.12. The van der Waals surface area contributed by atoms with Crippen molar-refractivity contribution >= 4 is 28.6 Å². The van der Waals surface area contributed by atoms with Gasteiger partial charge < -0.3 is 11.1 Å². The maximum atomic E-state index is 14.0. The third kappa shape index (κ3) is 3.55. The summed E-state index contributed by atoms with van der Waals surface area (Å²) in [5.74, 6) is -2.02. The van der Waals surface area contributed by atoms with Crippen LogP contribution in [0.2, 0.25) is 0 Å². The van der Waals surface area contributed by atoms with E-state index in [1.54, 1.807) is 0 Å². The molecule has 2 nitrogen and oxygen atoms in total. The summed E-state index contributed by atoms with van der Waals surface area (Å²) >= 11 is 4.67. The topological polar surface area (TPSA) is 38.0 Å². The van der Waals surface area contributed by atoms with Crippen LogP contribution in [0.3, 0.4) is 0 Å². The molecule has 0 aliphatic rings. The smallest absolute Gasteiger partial charge is 0.182 e. The van der Waals surface area contributed by atoms with Crippen molar-refractivity contribution in [2.75, 3.05) is 5.32 Å². The van der Waals surface area contributed by atoms with Crippen LogP contribution in [0.25, 0.3) is 0 Å². The normalized spacial score (nSPS) is 10.4. The molecule has 0 amide bonds. The number of nitrogens with one attached hydrogen (secondary N) is 1. The van der Waals surface area contributed by atoms with E-state index in [0.29, 0.717) is 5.69 Å². The van der Waals surface area contributed by atoms with Gasteiger partial charge in [0.2, 0.25) is 0 Å². The largest absolute Gasteiger partial charge is 0.389 e. The molecule has 0 bridgehead atoms. The molecule has 5 heteroatoms. The highest BCUT2D eigenvalue weighted by Gasteiger charge is 2.15. The molecule has 21 heavy (non-hydrogen) atoms. The molecule has 0 heterocycles. The lowest BCUT2D eigenvalue weighted by atomic mass is 10.1. The molecule has 110 valence electrons. The van der Waals surface area contributed by atoms with Gasteiger partial charge in [-0.1, -0.05) is 37.7 Å². The van der Waals surface area contributed by atoms with Crippen molar-refractivity contribution in [3.05, 3.63) is 59.2 Å². The van der Waals surface area contributed by atoms with Gasteiger partial charge in [-0.05, 0) is 36.2 Å². The molecule has 0 spiro atoms. The van der Waals surface area contributed by atoms with Gasteiger partial charge in [0.1, 0.15) is 4.99 Å². The third-order valence-corrected chi connectivity index (χ3v) is 3.34. The fraction of sp³-hybridized carbons (Fsp3) is 0.188. The number of nitrogens with two attached hydrogens (primary N) is 1. The second-order valence-corrected chi connectivity index (χ2v) is 5.16. The molecular weight excluding hydrogens is 290 g/mol.